The first kappa shape index (κ1) is 18.6. The number of thioether (sulfide) groups is 1. The zero-order valence-electron chi connectivity index (χ0n) is 14.2. The molecule has 27 heavy (non-hydrogen) atoms. The third kappa shape index (κ3) is 4.34. The first-order valence-electron chi connectivity index (χ1n) is 7.91. The van der Waals surface area contributed by atoms with Crippen molar-refractivity contribution in [2.24, 2.45) is 0 Å². The highest BCUT2D eigenvalue weighted by molar-refractivity contribution is 8.03. The van der Waals surface area contributed by atoms with Gasteiger partial charge >= 0.3 is 0 Å². The van der Waals surface area contributed by atoms with Crippen molar-refractivity contribution >= 4 is 11.8 Å². The molecule has 0 radical (unpaired) electrons. The number of thiocyanates is 1. The van der Waals surface area contributed by atoms with Crippen LogP contribution in [-0.2, 0) is 0 Å². The Bertz CT molecular complexity index is 1080. The highest BCUT2D eigenvalue weighted by Gasteiger charge is 2.08. The Morgan fingerprint density at radius 1 is 0.778 bits per heavy atom. The second kappa shape index (κ2) is 8.03. The summed E-state index contributed by atoms with van der Waals surface area (Å²) >= 11 is 0.767. The third-order valence-electron chi connectivity index (χ3n) is 3.82. The molecular weight excluding hydrogens is 367 g/mol. The van der Waals surface area contributed by atoms with Crippen LogP contribution in [0.1, 0.15) is 16.7 Å². The average Bonchev–Trinajstić information content (AvgIpc) is 2.63. The van der Waals surface area contributed by atoms with E-state index in [4.69, 9.17) is 5.26 Å². The Hall–Kier alpha value is -3.15. The van der Waals surface area contributed by atoms with Crippen molar-refractivity contribution in [3.8, 4) is 28.4 Å². The van der Waals surface area contributed by atoms with Gasteiger partial charge in [0.1, 0.15) is 22.9 Å². The van der Waals surface area contributed by atoms with Crippen molar-refractivity contribution in [2.45, 2.75) is 11.8 Å². The van der Waals surface area contributed by atoms with Gasteiger partial charge in [-0.3, -0.25) is 0 Å². The normalized spacial score (nSPS) is 10.0. The Morgan fingerprint density at radius 3 is 2.00 bits per heavy atom. The van der Waals surface area contributed by atoms with Gasteiger partial charge < -0.3 is 0 Å². The first-order valence-corrected chi connectivity index (χ1v) is 8.73. The Kier molecular flexibility index (Phi) is 5.54. The minimum atomic E-state index is -0.692. The Morgan fingerprint density at radius 2 is 1.41 bits per heavy atom. The molecule has 3 aromatic rings. The monoisotopic (exact) mass is 379 g/mol. The maximum atomic E-state index is 13.9. The molecule has 0 unspecified atom stereocenters. The first-order chi connectivity index (χ1) is 13.0. The molecule has 0 saturated heterocycles. The fourth-order valence-corrected chi connectivity index (χ4v) is 2.90. The highest BCUT2D eigenvalue weighted by Crippen LogP contribution is 2.27. The van der Waals surface area contributed by atoms with Crippen LogP contribution in [0, 0.1) is 46.9 Å². The topological polar surface area (TPSA) is 23.8 Å². The summed E-state index contributed by atoms with van der Waals surface area (Å²) in [6.45, 7) is 1.61. The molecule has 132 valence electrons. The van der Waals surface area contributed by atoms with Crippen LogP contribution in [0.3, 0.4) is 0 Å². The van der Waals surface area contributed by atoms with Gasteiger partial charge in [-0.25, -0.2) is 13.2 Å². The predicted molar refractivity (Wildman–Crippen MR) is 100 cm³/mol. The van der Waals surface area contributed by atoms with Crippen LogP contribution in [0.2, 0.25) is 0 Å². The SMILES string of the molecule is Cc1cc(F)c(C#Cc2ccc(-c3ccc(SC#N)c(F)c3)cc2)c(F)c1. The van der Waals surface area contributed by atoms with Crippen LogP contribution in [0.15, 0.2) is 59.5 Å². The Labute approximate surface area is 159 Å². The van der Waals surface area contributed by atoms with Crippen molar-refractivity contribution in [2.75, 3.05) is 0 Å². The molecule has 0 aliphatic heterocycles. The third-order valence-corrected chi connectivity index (χ3v) is 4.47. The van der Waals surface area contributed by atoms with Crippen LogP contribution in [0.5, 0.6) is 0 Å². The fraction of sp³-hybridized carbons (Fsp3) is 0.0455. The maximum Gasteiger partial charge on any atom is 0.142 e. The van der Waals surface area contributed by atoms with Gasteiger partial charge in [-0.2, -0.15) is 5.26 Å². The Balaban J connectivity index is 1.85. The smallest absolute Gasteiger partial charge is 0.142 e. The molecule has 0 heterocycles. The van der Waals surface area contributed by atoms with Gasteiger partial charge in [-0.15, -0.1) is 0 Å². The predicted octanol–water partition coefficient (Wildman–Crippen LogP) is 6.05. The number of hydrogen-bond acceptors (Lipinski definition) is 2. The fourth-order valence-electron chi connectivity index (χ4n) is 2.51. The number of benzene rings is 3. The summed E-state index contributed by atoms with van der Waals surface area (Å²) in [4.78, 5) is 0.269. The van der Waals surface area contributed by atoms with Gasteiger partial charge in [0.25, 0.3) is 0 Å². The molecular formula is C22H12F3NS. The van der Waals surface area contributed by atoms with E-state index in [1.54, 1.807) is 43.3 Å². The minimum absolute atomic E-state index is 0.266. The van der Waals surface area contributed by atoms with E-state index in [2.05, 4.69) is 11.8 Å². The molecule has 0 amide bonds. The zero-order valence-corrected chi connectivity index (χ0v) is 15.0. The number of nitriles is 1. The van der Waals surface area contributed by atoms with Crippen LogP contribution in [0.4, 0.5) is 13.2 Å². The van der Waals surface area contributed by atoms with Crippen molar-refractivity contribution in [3.05, 3.63) is 88.7 Å². The average molecular weight is 379 g/mol. The van der Waals surface area contributed by atoms with Gasteiger partial charge in [-0.05, 0) is 71.8 Å². The molecule has 0 fully saturated rings. The largest absolute Gasteiger partial charge is 0.206 e. The highest BCUT2D eigenvalue weighted by atomic mass is 32.2. The van der Waals surface area contributed by atoms with E-state index in [-0.39, 0.29) is 10.5 Å². The molecule has 0 aliphatic carbocycles. The van der Waals surface area contributed by atoms with Gasteiger partial charge in [0.05, 0.1) is 10.5 Å². The number of rotatable bonds is 2. The summed E-state index contributed by atoms with van der Waals surface area (Å²) in [5.74, 6) is 3.41. The summed E-state index contributed by atoms with van der Waals surface area (Å²) in [5.41, 5.74) is 2.23. The van der Waals surface area contributed by atoms with E-state index >= 15 is 0 Å². The van der Waals surface area contributed by atoms with Crippen LogP contribution in [-0.4, -0.2) is 0 Å². The van der Waals surface area contributed by atoms with Gasteiger partial charge in [0.15, 0.2) is 0 Å². The summed E-state index contributed by atoms with van der Waals surface area (Å²) in [6.07, 6.45) is 0. The molecule has 3 rings (SSSR count). The minimum Gasteiger partial charge on any atom is -0.206 e. The number of nitrogens with zero attached hydrogens (tertiary/aromatic N) is 1. The standard InChI is InChI=1S/C22H12F3NS/c1-14-10-19(23)18(20(24)11-14)8-4-15-2-5-16(6-3-15)17-7-9-22(27-13-26)21(25)12-17/h2-3,5-7,9-12H,1H3. The molecule has 1 nitrogen and oxygen atoms in total. The van der Waals surface area contributed by atoms with Gasteiger partial charge in [0.2, 0.25) is 0 Å². The lowest BCUT2D eigenvalue weighted by molar-refractivity contribution is 0.575. The van der Waals surface area contributed by atoms with E-state index in [9.17, 15) is 13.2 Å². The van der Waals surface area contributed by atoms with Crippen molar-refractivity contribution in [1.82, 2.24) is 0 Å². The number of aryl methyl sites for hydroxylation is 1. The number of halogens is 3. The van der Waals surface area contributed by atoms with Crippen LogP contribution >= 0.6 is 11.8 Å². The second-order valence-electron chi connectivity index (χ2n) is 5.77. The second-order valence-corrected chi connectivity index (χ2v) is 6.60. The van der Waals surface area contributed by atoms with E-state index in [0.29, 0.717) is 16.7 Å². The summed E-state index contributed by atoms with van der Waals surface area (Å²) in [6, 6.07) is 14.0. The summed E-state index contributed by atoms with van der Waals surface area (Å²) in [7, 11) is 0. The lowest BCUT2D eigenvalue weighted by Gasteiger charge is -2.04. The molecule has 0 aliphatic rings. The van der Waals surface area contributed by atoms with Crippen molar-refractivity contribution in [1.29, 1.82) is 5.26 Å². The lowest BCUT2D eigenvalue weighted by Crippen LogP contribution is -1.91. The van der Waals surface area contributed by atoms with Crippen molar-refractivity contribution in [3.63, 3.8) is 0 Å². The quantitative estimate of drug-likeness (QED) is 0.307. The molecule has 0 atom stereocenters. The van der Waals surface area contributed by atoms with Gasteiger partial charge in [-0.1, -0.05) is 30.0 Å². The molecule has 0 spiro atoms. The summed E-state index contributed by atoms with van der Waals surface area (Å²) in [5, 5.41) is 10.5. The van der Waals surface area contributed by atoms with E-state index in [1.165, 1.54) is 18.2 Å². The lowest BCUT2D eigenvalue weighted by atomic mass is 10.0. The van der Waals surface area contributed by atoms with E-state index in [1.807, 2.05) is 5.40 Å². The molecule has 0 aromatic heterocycles. The molecule has 0 saturated carbocycles. The summed E-state index contributed by atoms with van der Waals surface area (Å²) < 4.78 is 41.6. The zero-order chi connectivity index (χ0) is 19.4. The molecule has 0 N–H and O–H groups in total. The molecule has 0 bridgehead atoms. The van der Waals surface area contributed by atoms with E-state index in [0.717, 1.165) is 17.3 Å². The van der Waals surface area contributed by atoms with Crippen molar-refractivity contribution < 1.29 is 13.2 Å². The van der Waals surface area contributed by atoms with Gasteiger partial charge in [0, 0.05) is 5.56 Å². The van der Waals surface area contributed by atoms with E-state index < -0.39 is 17.5 Å². The number of hydrogen-bond donors (Lipinski definition) is 0. The molecule has 3 aromatic carbocycles. The maximum absolute atomic E-state index is 13.9. The molecule has 5 heteroatoms. The van der Waals surface area contributed by atoms with Crippen LogP contribution in [0.25, 0.3) is 11.1 Å². The van der Waals surface area contributed by atoms with Crippen LogP contribution < -0.4 is 0 Å².